The Morgan fingerprint density at radius 2 is 1.64 bits per heavy atom. The molecule has 1 aromatic carbocycles. The zero-order valence-electron chi connectivity index (χ0n) is 33.6. The van der Waals surface area contributed by atoms with Crippen LogP contribution in [-0.2, 0) is 9.47 Å². The van der Waals surface area contributed by atoms with E-state index in [-0.39, 0.29) is 40.3 Å². The predicted molar refractivity (Wildman–Crippen MR) is 203 cm³/mol. The van der Waals surface area contributed by atoms with Gasteiger partial charge >= 0.3 is 18.5 Å². The summed E-state index contributed by atoms with van der Waals surface area (Å²) in [5.74, 6) is -5.69. The van der Waals surface area contributed by atoms with Crippen LogP contribution < -0.4 is 25.2 Å². The number of hydrogen-bond donors (Lipinski definition) is 2. The summed E-state index contributed by atoms with van der Waals surface area (Å²) in [5.41, 5.74) is -6.41. The van der Waals surface area contributed by atoms with Crippen LogP contribution in [0.25, 0.3) is 33.4 Å². The SMILES string of the molecule is Cc1c(-c2[nH]c(=O)ccc2F)nc2c3c(nc(-c4cc(NC(=O)OC(C)(C)C)cc(F)c4OC(F)(F)F)c(F)c13)O[C@@H](C)[C@@H]1[C@@H]3CC[C@](C)(CN21)N3C(=O)OC(C)(C)C. The van der Waals surface area contributed by atoms with Gasteiger partial charge in [0, 0.05) is 29.8 Å². The summed E-state index contributed by atoms with van der Waals surface area (Å²) < 4.78 is 112. The lowest BCUT2D eigenvalue weighted by Gasteiger charge is -2.52. The first-order valence-corrected chi connectivity index (χ1v) is 18.7. The van der Waals surface area contributed by atoms with Crippen LogP contribution in [-0.4, -0.2) is 79.9 Å². The van der Waals surface area contributed by atoms with E-state index >= 15 is 13.2 Å². The molecule has 3 aliphatic heterocycles. The van der Waals surface area contributed by atoms with Gasteiger partial charge in [0.25, 0.3) is 0 Å². The highest BCUT2D eigenvalue weighted by Crippen LogP contribution is 2.52. The number of aromatic nitrogens is 3. The Morgan fingerprint density at radius 1 is 0.966 bits per heavy atom. The molecule has 19 heteroatoms. The number of anilines is 2. The van der Waals surface area contributed by atoms with Gasteiger partial charge in [-0.2, -0.15) is 0 Å². The summed E-state index contributed by atoms with van der Waals surface area (Å²) in [6.45, 7) is 14.8. The van der Waals surface area contributed by atoms with Crippen molar-refractivity contribution in [2.24, 2.45) is 0 Å². The zero-order chi connectivity index (χ0) is 43.3. The first-order valence-electron chi connectivity index (χ1n) is 18.7. The number of H-pyrrole nitrogens is 1. The van der Waals surface area contributed by atoms with Gasteiger partial charge in [-0.15, -0.1) is 13.2 Å². The van der Waals surface area contributed by atoms with Crippen molar-refractivity contribution in [3.05, 3.63) is 57.6 Å². The normalized spacial score (nSPS) is 21.4. The number of nitrogens with one attached hydrogen (secondary N) is 2. The maximum Gasteiger partial charge on any atom is 0.573 e. The molecule has 4 atom stereocenters. The number of hydrogen-bond acceptors (Lipinski definition) is 10. The summed E-state index contributed by atoms with van der Waals surface area (Å²) in [5, 5.41) is 1.82. The number of amides is 2. The van der Waals surface area contributed by atoms with E-state index in [0.29, 0.717) is 18.9 Å². The second-order valence-electron chi connectivity index (χ2n) is 17.2. The minimum atomic E-state index is -5.48. The van der Waals surface area contributed by atoms with Crippen molar-refractivity contribution in [2.45, 2.75) is 116 Å². The second-order valence-corrected chi connectivity index (χ2v) is 17.2. The number of rotatable bonds is 4. The first-order chi connectivity index (χ1) is 27.2. The second kappa shape index (κ2) is 13.9. The van der Waals surface area contributed by atoms with E-state index < -0.39 is 105 Å². The number of nitrogens with zero attached hydrogens (tertiary/aromatic N) is 4. The lowest BCUT2D eigenvalue weighted by Crippen LogP contribution is -2.69. The van der Waals surface area contributed by atoms with Crippen LogP contribution in [0.5, 0.6) is 11.6 Å². The number of fused-ring (bicyclic) bond motifs is 5. The Bertz CT molecular complexity index is 2460. The molecule has 0 saturated carbocycles. The molecule has 4 aromatic rings. The third-order valence-electron chi connectivity index (χ3n) is 10.3. The van der Waals surface area contributed by atoms with E-state index in [2.05, 4.69) is 20.0 Å². The Balaban J connectivity index is 1.51. The fourth-order valence-electron chi connectivity index (χ4n) is 8.25. The number of aryl methyl sites for hydroxylation is 1. The lowest BCUT2D eigenvalue weighted by molar-refractivity contribution is -0.275. The van der Waals surface area contributed by atoms with Crippen molar-refractivity contribution in [3.8, 4) is 34.3 Å². The van der Waals surface area contributed by atoms with Crippen LogP contribution >= 0.6 is 0 Å². The van der Waals surface area contributed by atoms with Gasteiger partial charge in [0.1, 0.15) is 40.3 Å². The van der Waals surface area contributed by atoms with Crippen LogP contribution in [0.2, 0.25) is 0 Å². The molecular weight excluding hydrogens is 790 g/mol. The molecule has 59 heavy (non-hydrogen) atoms. The molecule has 6 heterocycles. The molecule has 0 spiro atoms. The summed E-state index contributed by atoms with van der Waals surface area (Å²) >= 11 is 0. The van der Waals surface area contributed by atoms with Crippen LogP contribution in [0.1, 0.15) is 73.8 Å². The molecule has 2 saturated heterocycles. The number of piperazine rings is 1. The number of alkyl halides is 3. The number of pyridine rings is 3. The predicted octanol–water partition coefficient (Wildman–Crippen LogP) is 8.75. The lowest BCUT2D eigenvalue weighted by atomic mass is 9.93. The Kier molecular flexibility index (Phi) is 9.78. The van der Waals surface area contributed by atoms with Crippen molar-refractivity contribution < 1.29 is 54.9 Å². The highest BCUT2D eigenvalue weighted by molar-refractivity contribution is 6.04. The van der Waals surface area contributed by atoms with E-state index in [4.69, 9.17) is 19.2 Å². The van der Waals surface area contributed by atoms with Gasteiger partial charge in [0.05, 0.1) is 34.3 Å². The van der Waals surface area contributed by atoms with Crippen molar-refractivity contribution in [2.75, 3.05) is 16.8 Å². The zero-order valence-corrected chi connectivity index (χ0v) is 33.6. The molecule has 3 aromatic heterocycles. The number of carbonyl (C=O) groups excluding carboxylic acids is 2. The van der Waals surface area contributed by atoms with Gasteiger partial charge < -0.3 is 28.8 Å². The monoisotopic (exact) mass is 832 g/mol. The average molecular weight is 833 g/mol. The highest BCUT2D eigenvalue weighted by Gasteiger charge is 2.59. The fraction of sp³-hybridized carbons (Fsp3) is 0.475. The molecule has 3 aliphatic rings. The van der Waals surface area contributed by atoms with E-state index in [0.717, 1.165) is 18.2 Å². The number of carbonyl (C=O) groups is 2. The largest absolute Gasteiger partial charge is 0.573 e. The Hall–Kier alpha value is -5.75. The van der Waals surface area contributed by atoms with Crippen molar-refractivity contribution in [1.29, 1.82) is 0 Å². The molecule has 13 nitrogen and oxygen atoms in total. The number of ether oxygens (including phenoxy) is 4. The van der Waals surface area contributed by atoms with Gasteiger partial charge in [-0.3, -0.25) is 15.0 Å². The third kappa shape index (κ3) is 7.66. The highest BCUT2D eigenvalue weighted by atomic mass is 19.4. The number of benzene rings is 1. The van der Waals surface area contributed by atoms with Crippen LogP contribution in [0, 0.1) is 24.4 Å². The minimum absolute atomic E-state index is 0.0206. The van der Waals surface area contributed by atoms with Crippen LogP contribution in [0.3, 0.4) is 0 Å². The summed E-state index contributed by atoms with van der Waals surface area (Å²) in [6.07, 6.45) is -7.04. The molecule has 0 unspecified atom stereocenters. The topological polar surface area (TPSA) is 148 Å². The maximum atomic E-state index is 17.6. The number of aromatic amines is 1. The fourth-order valence-corrected chi connectivity index (χ4v) is 8.25. The standard InChI is InChI=1S/C40H42F6N6O7/c1-17-25-26-33(49-28(17)30-21(41)10-11-24(53)48-30)51-16-39(9)13-12-23(52(39)36(55)59-38(6,7)8)31(51)18(2)56-34(26)50-29(27(25)43)20-14-19(47-35(54)58-37(3,4)5)15-22(42)32(20)57-40(44,45)46/h10-11,14-15,18,23,31H,12-13,16H2,1-9H3,(H,47,54)(H,48,53)/t18-,23-,31+,39+/m0/s1. The van der Waals surface area contributed by atoms with Gasteiger partial charge in [-0.05, 0) is 92.9 Å². The van der Waals surface area contributed by atoms with Crippen LogP contribution in [0.15, 0.2) is 29.1 Å². The van der Waals surface area contributed by atoms with Crippen molar-refractivity contribution in [1.82, 2.24) is 19.9 Å². The third-order valence-corrected chi connectivity index (χ3v) is 10.3. The van der Waals surface area contributed by atoms with E-state index in [1.165, 1.54) is 6.92 Å². The van der Waals surface area contributed by atoms with Gasteiger partial charge in [0.15, 0.2) is 17.4 Å². The van der Waals surface area contributed by atoms with E-state index in [1.807, 2.05) is 11.8 Å². The Labute approximate surface area is 334 Å². The molecule has 0 aliphatic carbocycles. The molecule has 0 radical (unpaired) electrons. The van der Waals surface area contributed by atoms with Crippen molar-refractivity contribution in [3.63, 3.8) is 0 Å². The molecule has 2 amide bonds. The van der Waals surface area contributed by atoms with Gasteiger partial charge in [0.2, 0.25) is 11.4 Å². The molecule has 2 fully saturated rings. The summed E-state index contributed by atoms with van der Waals surface area (Å²) in [6, 6.07) is 1.90. The Morgan fingerprint density at radius 3 is 2.29 bits per heavy atom. The molecule has 7 rings (SSSR count). The smallest absolute Gasteiger partial charge is 0.472 e. The van der Waals surface area contributed by atoms with Crippen LogP contribution in [0.4, 0.5) is 47.4 Å². The molecule has 316 valence electrons. The number of halogens is 6. The molecule has 2 bridgehead atoms. The molecular formula is C40H42F6N6O7. The maximum absolute atomic E-state index is 17.6. The van der Waals surface area contributed by atoms with E-state index in [9.17, 15) is 27.6 Å². The minimum Gasteiger partial charge on any atom is -0.472 e. The first kappa shape index (κ1) is 41.4. The van der Waals surface area contributed by atoms with Crippen molar-refractivity contribution >= 4 is 34.5 Å². The van der Waals surface area contributed by atoms with Gasteiger partial charge in [-0.25, -0.2) is 32.7 Å². The van der Waals surface area contributed by atoms with Gasteiger partial charge in [-0.1, -0.05) is 0 Å². The molecule has 2 N–H and O–H groups in total. The summed E-state index contributed by atoms with van der Waals surface area (Å²) in [4.78, 5) is 54.1. The van der Waals surface area contributed by atoms with E-state index in [1.54, 1.807) is 53.4 Å². The quantitative estimate of drug-likeness (QED) is 0.191. The summed E-state index contributed by atoms with van der Waals surface area (Å²) in [7, 11) is 0. The average Bonchev–Trinajstić information content (AvgIpc) is 3.26.